The number of anilines is 1. The van der Waals surface area contributed by atoms with Crippen LogP contribution in [0.25, 0.3) is 0 Å². The molecule has 98 valence electrons. The molecule has 0 aromatic carbocycles. The van der Waals surface area contributed by atoms with Crippen LogP contribution in [0.3, 0.4) is 0 Å². The van der Waals surface area contributed by atoms with Gasteiger partial charge in [-0.25, -0.2) is 4.98 Å². The number of piperidine rings is 1. The summed E-state index contributed by atoms with van der Waals surface area (Å²) in [4.78, 5) is 7.40. The lowest BCUT2D eigenvalue weighted by molar-refractivity contribution is 0.322. The van der Waals surface area contributed by atoms with Gasteiger partial charge in [-0.05, 0) is 37.3 Å². The molecule has 0 radical (unpaired) electrons. The molecule has 18 heavy (non-hydrogen) atoms. The van der Waals surface area contributed by atoms with Crippen LogP contribution in [0.1, 0.15) is 31.5 Å². The minimum atomic E-state index is 0.434. The predicted octanol–water partition coefficient (Wildman–Crippen LogP) is 2.51. The largest absolute Gasteiger partial charge is 0.389 e. The number of aromatic nitrogens is 1. The Morgan fingerprint density at radius 3 is 2.72 bits per heavy atom. The lowest BCUT2D eigenvalue weighted by atomic mass is 9.88. The van der Waals surface area contributed by atoms with E-state index in [1.807, 2.05) is 19.1 Å². The van der Waals surface area contributed by atoms with E-state index in [4.69, 9.17) is 18.0 Å². The molecule has 1 fully saturated rings. The van der Waals surface area contributed by atoms with Gasteiger partial charge in [-0.2, -0.15) is 0 Å². The van der Waals surface area contributed by atoms with Gasteiger partial charge in [0, 0.05) is 18.8 Å². The SMILES string of the molecule is Cc1ccc(C(N)=S)c(N2CCC(C)C(C)C2)n1. The first-order valence-electron chi connectivity index (χ1n) is 6.51. The van der Waals surface area contributed by atoms with Crippen LogP contribution in [0.4, 0.5) is 5.82 Å². The number of hydrogen-bond acceptors (Lipinski definition) is 3. The zero-order valence-electron chi connectivity index (χ0n) is 11.3. The molecule has 2 atom stereocenters. The fourth-order valence-corrected chi connectivity index (χ4v) is 2.59. The second kappa shape index (κ2) is 5.22. The molecule has 3 nitrogen and oxygen atoms in total. The lowest BCUT2D eigenvalue weighted by Gasteiger charge is -2.37. The Balaban J connectivity index is 2.32. The monoisotopic (exact) mass is 263 g/mol. The fourth-order valence-electron chi connectivity index (χ4n) is 2.43. The van der Waals surface area contributed by atoms with Crippen molar-refractivity contribution in [1.29, 1.82) is 0 Å². The zero-order valence-corrected chi connectivity index (χ0v) is 12.1. The van der Waals surface area contributed by atoms with E-state index in [1.165, 1.54) is 6.42 Å². The van der Waals surface area contributed by atoms with Crippen LogP contribution in [0.5, 0.6) is 0 Å². The molecular weight excluding hydrogens is 242 g/mol. The highest BCUT2D eigenvalue weighted by atomic mass is 32.1. The third kappa shape index (κ3) is 2.64. The summed E-state index contributed by atoms with van der Waals surface area (Å²) in [7, 11) is 0. The van der Waals surface area contributed by atoms with Crippen LogP contribution in [0, 0.1) is 18.8 Å². The molecule has 0 bridgehead atoms. The van der Waals surface area contributed by atoms with Crippen LogP contribution >= 0.6 is 12.2 Å². The van der Waals surface area contributed by atoms with Crippen LogP contribution in [-0.2, 0) is 0 Å². The molecule has 0 spiro atoms. The van der Waals surface area contributed by atoms with E-state index in [0.29, 0.717) is 10.9 Å². The molecule has 1 aromatic heterocycles. The van der Waals surface area contributed by atoms with Crippen LogP contribution < -0.4 is 10.6 Å². The Labute approximate surface area is 114 Å². The number of thiocarbonyl (C=S) groups is 1. The van der Waals surface area contributed by atoms with Gasteiger partial charge >= 0.3 is 0 Å². The first kappa shape index (κ1) is 13.3. The second-order valence-corrected chi connectivity index (χ2v) is 5.82. The van der Waals surface area contributed by atoms with Crippen LogP contribution in [0.2, 0.25) is 0 Å². The van der Waals surface area contributed by atoms with E-state index in [0.717, 1.165) is 36.1 Å². The maximum Gasteiger partial charge on any atom is 0.139 e. The highest BCUT2D eigenvalue weighted by molar-refractivity contribution is 7.80. The first-order valence-corrected chi connectivity index (χ1v) is 6.92. The number of pyridine rings is 1. The molecule has 2 rings (SSSR count). The maximum atomic E-state index is 5.80. The third-order valence-electron chi connectivity index (χ3n) is 3.91. The quantitative estimate of drug-likeness (QED) is 0.833. The molecule has 0 aliphatic carbocycles. The van der Waals surface area contributed by atoms with Gasteiger partial charge in [0.25, 0.3) is 0 Å². The Bertz CT molecular complexity index is 458. The molecule has 1 aliphatic heterocycles. The van der Waals surface area contributed by atoms with E-state index in [1.54, 1.807) is 0 Å². The second-order valence-electron chi connectivity index (χ2n) is 5.38. The summed E-state index contributed by atoms with van der Waals surface area (Å²) >= 11 is 5.13. The summed E-state index contributed by atoms with van der Waals surface area (Å²) < 4.78 is 0. The van der Waals surface area contributed by atoms with Crippen molar-refractivity contribution in [2.45, 2.75) is 27.2 Å². The minimum Gasteiger partial charge on any atom is -0.389 e. The van der Waals surface area contributed by atoms with Gasteiger partial charge < -0.3 is 10.6 Å². The van der Waals surface area contributed by atoms with Crippen molar-refractivity contribution >= 4 is 23.0 Å². The molecule has 0 amide bonds. The molecule has 4 heteroatoms. The Morgan fingerprint density at radius 2 is 2.11 bits per heavy atom. The predicted molar refractivity (Wildman–Crippen MR) is 80.0 cm³/mol. The number of aryl methyl sites for hydroxylation is 1. The average Bonchev–Trinajstić information content (AvgIpc) is 2.32. The topological polar surface area (TPSA) is 42.1 Å². The van der Waals surface area contributed by atoms with E-state index in [2.05, 4.69) is 23.7 Å². The maximum absolute atomic E-state index is 5.80. The van der Waals surface area contributed by atoms with Crippen molar-refractivity contribution in [1.82, 2.24) is 4.98 Å². The zero-order chi connectivity index (χ0) is 13.3. The molecule has 1 aliphatic rings. The Morgan fingerprint density at radius 1 is 1.39 bits per heavy atom. The van der Waals surface area contributed by atoms with Crippen molar-refractivity contribution in [3.63, 3.8) is 0 Å². The highest BCUT2D eigenvalue weighted by Crippen LogP contribution is 2.28. The van der Waals surface area contributed by atoms with Gasteiger partial charge in [-0.1, -0.05) is 26.1 Å². The number of hydrogen-bond donors (Lipinski definition) is 1. The summed E-state index contributed by atoms with van der Waals surface area (Å²) in [5.74, 6) is 2.42. The Hall–Kier alpha value is -1.16. The van der Waals surface area contributed by atoms with Crippen molar-refractivity contribution < 1.29 is 0 Å². The van der Waals surface area contributed by atoms with Crippen LogP contribution in [-0.4, -0.2) is 23.1 Å². The third-order valence-corrected chi connectivity index (χ3v) is 4.13. The van der Waals surface area contributed by atoms with E-state index in [9.17, 15) is 0 Å². The number of rotatable bonds is 2. The highest BCUT2D eigenvalue weighted by Gasteiger charge is 2.25. The summed E-state index contributed by atoms with van der Waals surface area (Å²) in [6.07, 6.45) is 1.20. The van der Waals surface area contributed by atoms with E-state index < -0.39 is 0 Å². The molecule has 2 unspecified atom stereocenters. The van der Waals surface area contributed by atoms with Gasteiger partial charge in [0.15, 0.2) is 0 Å². The summed E-state index contributed by atoms with van der Waals surface area (Å²) in [5, 5.41) is 0. The molecule has 1 saturated heterocycles. The number of nitrogens with two attached hydrogens (primary N) is 1. The first-order chi connectivity index (χ1) is 8.49. The van der Waals surface area contributed by atoms with Gasteiger partial charge in [-0.3, -0.25) is 0 Å². The van der Waals surface area contributed by atoms with Gasteiger partial charge in [-0.15, -0.1) is 0 Å². The van der Waals surface area contributed by atoms with Crippen molar-refractivity contribution in [2.75, 3.05) is 18.0 Å². The Kier molecular flexibility index (Phi) is 3.85. The molecule has 0 saturated carbocycles. The molecule has 2 N–H and O–H groups in total. The average molecular weight is 263 g/mol. The van der Waals surface area contributed by atoms with Crippen LogP contribution in [0.15, 0.2) is 12.1 Å². The number of nitrogens with zero attached hydrogens (tertiary/aromatic N) is 2. The van der Waals surface area contributed by atoms with Gasteiger partial charge in [0.2, 0.25) is 0 Å². The van der Waals surface area contributed by atoms with Crippen molar-refractivity contribution in [3.05, 3.63) is 23.4 Å². The molecular formula is C14H21N3S. The normalized spacial score (nSPS) is 24.1. The molecule has 2 heterocycles. The summed E-state index contributed by atoms with van der Waals surface area (Å²) in [6.45, 7) is 8.70. The van der Waals surface area contributed by atoms with E-state index in [-0.39, 0.29) is 0 Å². The van der Waals surface area contributed by atoms with Gasteiger partial charge in [0.1, 0.15) is 10.8 Å². The summed E-state index contributed by atoms with van der Waals surface area (Å²) in [5.41, 5.74) is 7.71. The smallest absolute Gasteiger partial charge is 0.139 e. The minimum absolute atomic E-state index is 0.434. The van der Waals surface area contributed by atoms with Gasteiger partial charge in [0.05, 0.1) is 5.56 Å². The van der Waals surface area contributed by atoms with Crippen molar-refractivity contribution in [2.24, 2.45) is 17.6 Å². The van der Waals surface area contributed by atoms with E-state index >= 15 is 0 Å². The molecule has 1 aromatic rings. The standard InChI is InChI=1S/C14H21N3S/c1-9-6-7-17(8-10(9)2)14-12(13(15)18)5-4-11(3)16-14/h4-5,9-10H,6-8H2,1-3H3,(H2,15,18). The summed E-state index contributed by atoms with van der Waals surface area (Å²) in [6, 6.07) is 3.96. The fraction of sp³-hybridized carbons (Fsp3) is 0.571. The lowest BCUT2D eigenvalue weighted by Crippen LogP contribution is -2.40. The van der Waals surface area contributed by atoms with Crippen molar-refractivity contribution in [3.8, 4) is 0 Å².